The maximum Gasteiger partial charge on any atom is 0.169 e. The van der Waals surface area contributed by atoms with Crippen LogP contribution in [0.4, 0.5) is 0 Å². The minimum atomic E-state index is 0.860. The Hall–Kier alpha value is -2.73. The van der Waals surface area contributed by atoms with E-state index in [1.807, 2.05) is 6.07 Å². The topological polar surface area (TPSA) is 30.2 Å². The third kappa shape index (κ3) is 2.49. The average Bonchev–Trinajstić information content (AvgIpc) is 3.13. The van der Waals surface area contributed by atoms with Gasteiger partial charge in [-0.1, -0.05) is 66.7 Å². The van der Waals surface area contributed by atoms with E-state index in [1.165, 1.54) is 20.1 Å². The summed E-state index contributed by atoms with van der Waals surface area (Å²) in [5.41, 5.74) is 4.31. The first-order chi connectivity index (χ1) is 12.8. The Bertz CT molecular complexity index is 1230. The first-order valence-corrected chi connectivity index (χ1v) is 9.47. The summed E-state index contributed by atoms with van der Waals surface area (Å²) < 4.78 is 3.31. The predicted molar refractivity (Wildman–Crippen MR) is 114 cm³/mol. The van der Waals surface area contributed by atoms with E-state index < -0.39 is 0 Å². The first kappa shape index (κ1) is 15.5. The molecular formula is C22H14IN3. The molecule has 0 saturated carbocycles. The van der Waals surface area contributed by atoms with Crippen LogP contribution >= 0.6 is 22.6 Å². The molecule has 3 nitrogen and oxygen atoms in total. The lowest BCUT2D eigenvalue weighted by atomic mass is 10.0. The SMILES string of the molecule is Ic1ccc(-c2nnc3c4ccccc4c(-c4ccccc4)cn23)cc1. The van der Waals surface area contributed by atoms with Crippen molar-refractivity contribution in [3.8, 4) is 22.5 Å². The molecule has 2 aromatic heterocycles. The summed E-state index contributed by atoms with van der Waals surface area (Å²) >= 11 is 2.31. The number of hydrogen-bond donors (Lipinski definition) is 0. The fraction of sp³-hybridized carbons (Fsp3) is 0. The maximum atomic E-state index is 4.49. The smallest absolute Gasteiger partial charge is 0.169 e. The highest BCUT2D eigenvalue weighted by molar-refractivity contribution is 14.1. The molecule has 4 heteroatoms. The molecule has 5 rings (SSSR count). The minimum absolute atomic E-state index is 0.860. The number of aromatic nitrogens is 3. The van der Waals surface area contributed by atoms with Gasteiger partial charge in [-0.15, -0.1) is 10.2 Å². The van der Waals surface area contributed by atoms with E-state index in [2.05, 4.69) is 116 Å². The lowest BCUT2D eigenvalue weighted by molar-refractivity contribution is 1.11. The fourth-order valence-electron chi connectivity index (χ4n) is 3.35. The van der Waals surface area contributed by atoms with Crippen LogP contribution in [0.2, 0.25) is 0 Å². The highest BCUT2D eigenvalue weighted by atomic mass is 127. The Morgan fingerprint density at radius 2 is 1.35 bits per heavy atom. The highest BCUT2D eigenvalue weighted by Gasteiger charge is 2.14. The van der Waals surface area contributed by atoms with Crippen LogP contribution in [-0.2, 0) is 0 Å². The van der Waals surface area contributed by atoms with Crippen molar-refractivity contribution in [1.29, 1.82) is 0 Å². The van der Waals surface area contributed by atoms with Crippen molar-refractivity contribution >= 4 is 39.0 Å². The zero-order valence-corrected chi connectivity index (χ0v) is 16.0. The minimum Gasteiger partial charge on any atom is -0.281 e. The Morgan fingerprint density at radius 1 is 0.654 bits per heavy atom. The van der Waals surface area contributed by atoms with E-state index in [9.17, 15) is 0 Å². The molecular weight excluding hydrogens is 433 g/mol. The Morgan fingerprint density at radius 3 is 2.12 bits per heavy atom. The van der Waals surface area contributed by atoms with E-state index in [4.69, 9.17) is 0 Å². The van der Waals surface area contributed by atoms with E-state index in [1.54, 1.807) is 0 Å². The van der Waals surface area contributed by atoms with Crippen LogP contribution in [0.5, 0.6) is 0 Å². The normalized spacial score (nSPS) is 11.3. The van der Waals surface area contributed by atoms with Gasteiger partial charge in [0.2, 0.25) is 0 Å². The molecule has 0 fully saturated rings. The standard InChI is InChI=1S/C22H14IN3/c23-17-12-10-16(11-13-17)21-24-25-22-19-9-5-4-8-18(19)20(14-26(21)22)15-6-2-1-3-7-15/h1-14H. The summed E-state index contributed by atoms with van der Waals surface area (Å²) in [6.45, 7) is 0. The Kier molecular flexibility index (Phi) is 3.71. The summed E-state index contributed by atoms with van der Waals surface area (Å²) in [5.74, 6) is 0.860. The third-order valence-electron chi connectivity index (χ3n) is 4.60. The lowest BCUT2D eigenvalue weighted by Gasteiger charge is -2.10. The fourth-order valence-corrected chi connectivity index (χ4v) is 3.71. The van der Waals surface area contributed by atoms with Gasteiger partial charge in [0, 0.05) is 26.3 Å². The van der Waals surface area contributed by atoms with Crippen LogP contribution in [0.1, 0.15) is 0 Å². The molecule has 0 unspecified atom stereocenters. The van der Waals surface area contributed by atoms with Crippen molar-refractivity contribution < 1.29 is 0 Å². The first-order valence-electron chi connectivity index (χ1n) is 8.39. The van der Waals surface area contributed by atoms with E-state index in [-0.39, 0.29) is 0 Å². The number of fused-ring (bicyclic) bond motifs is 3. The van der Waals surface area contributed by atoms with Gasteiger partial charge in [-0.25, -0.2) is 0 Å². The molecule has 0 aliphatic heterocycles. The molecule has 0 atom stereocenters. The van der Waals surface area contributed by atoms with Gasteiger partial charge in [-0.2, -0.15) is 0 Å². The molecule has 5 aromatic rings. The van der Waals surface area contributed by atoms with Crippen LogP contribution in [0.15, 0.2) is 85.1 Å². The summed E-state index contributed by atoms with van der Waals surface area (Å²) in [6.07, 6.45) is 2.15. The summed E-state index contributed by atoms with van der Waals surface area (Å²) in [6, 6.07) is 27.2. The van der Waals surface area contributed by atoms with Crippen LogP contribution in [0.3, 0.4) is 0 Å². The molecule has 0 saturated heterocycles. The number of rotatable bonds is 2. The van der Waals surface area contributed by atoms with Crippen molar-refractivity contribution in [2.24, 2.45) is 0 Å². The van der Waals surface area contributed by atoms with Gasteiger partial charge in [0.1, 0.15) is 0 Å². The number of benzene rings is 3. The van der Waals surface area contributed by atoms with Crippen molar-refractivity contribution in [2.75, 3.05) is 0 Å². The number of hydrogen-bond acceptors (Lipinski definition) is 2. The second kappa shape index (κ2) is 6.21. The van der Waals surface area contributed by atoms with Gasteiger partial charge in [-0.05, 0) is 45.7 Å². The number of halogens is 1. The van der Waals surface area contributed by atoms with Crippen LogP contribution in [0, 0.1) is 3.57 Å². The summed E-state index contributed by atoms with van der Waals surface area (Å²) in [7, 11) is 0. The zero-order chi connectivity index (χ0) is 17.5. The van der Waals surface area contributed by atoms with Gasteiger partial charge in [-0.3, -0.25) is 4.40 Å². The van der Waals surface area contributed by atoms with Gasteiger partial charge in [0.05, 0.1) is 0 Å². The number of nitrogens with zero attached hydrogens (tertiary/aromatic N) is 3. The molecule has 0 bridgehead atoms. The molecule has 124 valence electrons. The van der Waals surface area contributed by atoms with Crippen molar-refractivity contribution in [2.45, 2.75) is 0 Å². The van der Waals surface area contributed by atoms with Crippen molar-refractivity contribution in [3.05, 3.63) is 88.6 Å². The van der Waals surface area contributed by atoms with Gasteiger partial charge in [0.25, 0.3) is 0 Å². The predicted octanol–water partition coefficient (Wildman–Crippen LogP) is 5.82. The summed E-state index contributed by atoms with van der Waals surface area (Å²) in [4.78, 5) is 0. The van der Waals surface area contributed by atoms with E-state index >= 15 is 0 Å². The summed E-state index contributed by atoms with van der Waals surface area (Å²) in [5, 5.41) is 11.3. The van der Waals surface area contributed by atoms with Crippen molar-refractivity contribution in [3.63, 3.8) is 0 Å². The van der Waals surface area contributed by atoms with Gasteiger partial charge < -0.3 is 0 Å². The van der Waals surface area contributed by atoms with Crippen molar-refractivity contribution in [1.82, 2.24) is 14.6 Å². The number of pyridine rings is 1. The molecule has 0 aliphatic carbocycles. The Labute approximate surface area is 164 Å². The molecule has 0 N–H and O–H groups in total. The van der Waals surface area contributed by atoms with E-state index in [0.29, 0.717) is 0 Å². The monoisotopic (exact) mass is 447 g/mol. The van der Waals surface area contributed by atoms with Gasteiger partial charge >= 0.3 is 0 Å². The molecule has 26 heavy (non-hydrogen) atoms. The molecule has 2 heterocycles. The quantitative estimate of drug-likeness (QED) is 0.319. The molecule has 0 radical (unpaired) electrons. The molecule has 3 aromatic carbocycles. The maximum absolute atomic E-state index is 4.49. The second-order valence-electron chi connectivity index (χ2n) is 6.18. The zero-order valence-electron chi connectivity index (χ0n) is 13.8. The Balaban J connectivity index is 1.86. The van der Waals surface area contributed by atoms with Gasteiger partial charge in [0.15, 0.2) is 11.5 Å². The van der Waals surface area contributed by atoms with Crippen LogP contribution in [0.25, 0.3) is 38.9 Å². The highest BCUT2D eigenvalue weighted by Crippen LogP contribution is 2.32. The van der Waals surface area contributed by atoms with Crippen LogP contribution < -0.4 is 0 Å². The second-order valence-corrected chi connectivity index (χ2v) is 7.42. The molecule has 0 spiro atoms. The van der Waals surface area contributed by atoms with Crippen LogP contribution in [-0.4, -0.2) is 14.6 Å². The average molecular weight is 447 g/mol. The largest absolute Gasteiger partial charge is 0.281 e. The third-order valence-corrected chi connectivity index (χ3v) is 5.32. The lowest BCUT2D eigenvalue weighted by Crippen LogP contribution is -1.93. The molecule has 0 aliphatic rings. The molecule has 0 amide bonds. The van der Waals surface area contributed by atoms with E-state index in [0.717, 1.165) is 22.4 Å².